The summed E-state index contributed by atoms with van der Waals surface area (Å²) in [5.41, 5.74) is 11.1. The van der Waals surface area contributed by atoms with E-state index in [9.17, 15) is 4.79 Å². The first-order valence-corrected chi connectivity index (χ1v) is 11.3. The average Bonchev–Trinajstić information content (AvgIpc) is 2.85. The van der Waals surface area contributed by atoms with Gasteiger partial charge in [-0.05, 0) is 48.9 Å². The minimum atomic E-state index is -0.497. The Hall–Kier alpha value is -4.78. The predicted octanol–water partition coefficient (Wildman–Crippen LogP) is 6.27. The maximum atomic E-state index is 15.4. The summed E-state index contributed by atoms with van der Waals surface area (Å²) < 4.78 is 21.1. The fourth-order valence-electron chi connectivity index (χ4n) is 3.95. The number of hydrogen-bond donors (Lipinski definition) is 2. The van der Waals surface area contributed by atoms with Gasteiger partial charge in [-0.2, -0.15) is 0 Å². The van der Waals surface area contributed by atoms with Gasteiger partial charge in [-0.1, -0.05) is 30.9 Å². The molecule has 0 atom stereocenters. The molecule has 1 amide bonds. The first-order valence-electron chi connectivity index (χ1n) is 11.3. The summed E-state index contributed by atoms with van der Waals surface area (Å²) in [6, 6.07) is 17.2. The van der Waals surface area contributed by atoms with Crippen molar-refractivity contribution < 1.29 is 13.9 Å². The number of allylic oxidation sites excluding steroid dienone is 5. The second kappa shape index (κ2) is 10.7. The van der Waals surface area contributed by atoms with Gasteiger partial charge in [0, 0.05) is 65.1 Å². The molecule has 0 saturated heterocycles. The fraction of sp³-hybridized carbons (Fsp3) is 0.0690. The van der Waals surface area contributed by atoms with Gasteiger partial charge in [-0.25, -0.2) is 9.37 Å². The van der Waals surface area contributed by atoms with Crippen molar-refractivity contribution in [3.8, 4) is 11.6 Å². The van der Waals surface area contributed by atoms with Gasteiger partial charge in [0.25, 0.3) is 0 Å². The van der Waals surface area contributed by atoms with E-state index in [1.807, 2.05) is 31.2 Å². The van der Waals surface area contributed by atoms with Crippen LogP contribution in [-0.4, -0.2) is 16.6 Å². The molecule has 180 valence electrons. The number of aromatic nitrogens is 1. The molecule has 36 heavy (non-hydrogen) atoms. The number of ether oxygens (including phenoxy) is 1. The fourth-order valence-corrected chi connectivity index (χ4v) is 3.95. The van der Waals surface area contributed by atoms with Crippen molar-refractivity contribution in [1.82, 2.24) is 4.98 Å². The summed E-state index contributed by atoms with van der Waals surface area (Å²) in [5, 5.41) is 2.79. The number of anilines is 1. The van der Waals surface area contributed by atoms with E-state index in [1.54, 1.807) is 48.7 Å². The lowest BCUT2D eigenvalue weighted by Gasteiger charge is -2.24. The number of rotatable bonds is 6. The summed E-state index contributed by atoms with van der Waals surface area (Å²) in [4.78, 5) is 20.1. The quantitative estimate of drug-likeness (QED) is 0.435. The second-order valence-electron chi connectivity index (χ2n) is 7.92. The van der Waals surface area contributed by atoms with Gasteiger partial charge >= 0.3 is 0 Å². The third-order valence-electron chi connectivity index (χ3n) is 5.47. The highest BCUT2D eigenvalue weighted by atomic mass is 19.1. The van der Waals surface area contributed by atoms with Crippen LogP contribution in [0.4, 0.5) is 10.1 Å². The number of nitrogens with two attached hydrogens (primary N) is 1. The predicted molar refractivity (Wildman–Crippen MR) is 142 cm³/mol. The smallest absolute Gasteiger partial charge is 0.221 e. The maximum absolute atomic E-state index is 15.4. The molecule has 1 aliphatic carbocycles. The van der Waals surface area contributed by atoms with Crippen LogP contribution >= 0.6 is 0 Å². The topological polar surface area (TPSA) is 89.6 Å². The Bertz CT molecular complexity index is 1450. The molecule has 3 N–H and O–H groups in total. The summed E-state index contributed by atoms with van der Waals surface area (Å²) >= 11 is 0. The van der Waals surface area contributed by atoms with Crippen molar-refractivity contribution >= 4 is 28.5 Å². The number of halogens is 1. The highest BCUT2D eigenvalue weighted by Gasteiger charge is 2.26. The van der Waals surface area contributed by atoms with Gasteiger partial charge in [0.15, 0.2) is 0 Å². The lowest BCUT2D eigenvalue weighted by atomic mass is 9.83. The minimum Gasteiger partial charge on any atom is -0.439 e. The van der Waals surface area contributed by atoms with Crippen LogP contribution in [0.15, 0.2) is 108 Å². The number of aliphatic imine (C=N–C) groups is 1. The molecule has 0 unspecified atom stereocenters. The molecule has 7 heteroatoms. The van der Waals surface area contributed by atoms with Crippen molar-refractivity contribution in [3.05, 3.63) is 120 Å². The van der Waals surface area contributed by atoms with Crippen LogP contribution in [0, 0.1) is 5.82 Å². The van der Waals surface area contributed by atoms with E-state index in [0.29, 0.717) is 51.0 Å². The second-order valence-corrected chi connectivity index (χ2v) is 7.92. The molecule has 2 aromatic carbocycles. The van der Waals surface area contributed by atoms with Crippen molar-refractivity contribution in [1.29, 1.82) is 0 Å². The SMILES string of the molecule is C=CN=C1C(c2cccc(NC(C)=O)c2)=CC(c2ccc(Oc3ccccn3)cc2F)=C(N)/C1=C/C. The molecular formula is C29H25FN4O2. The third kappa shape index (κ3) is 5.15. The van der Waals surface area contributed by atoms with E-state index >= 15 is 4.39 Å². The standard InChI is InChI=1S/C29H25FN4O2/c1-4-22-28(31)25(23-13-12-21(16-26(23)30)36-27-11-6-7-14-33-27)17-24(29(22)32-5-2)19-9-8-10-20(15-19)34-18(3)35/h4-17H,2,31H2,1,3H3,(H,34,35)/b22-4-,32-29?. The van der Waals surface area contributed by atoms with Gasteiger partial charge in [0.2, 0.25) is 11.8 Å². The van der Waals surface area contributed by atoms with Crippen LogP contribution in [0.3, 0.4) is 0 Å². The molecule has 1 aliphatic rings. The summed E-state index contributed by atoms with van der Waals surface area (Å²) in [5.74, 6) is 0.00317. The van der Waals surface area contributed by atoms with Crippen molar-refractivity contribution in [3.63, 3.8) is 0 Å². The van der Waals surface area contributed by atoms with Crippen LogP contribution in [0.1, 0.15) is 25.0 Å². The highest BCUT2D eigenvalue weighted by Crippen LogP contribution is 2.37. The largest absolute Gasteiger partial charge is 0.439 e. The zero-order valence-corrected chi connectivity index (χ0v) is 20.0. The van der Waals surface area contributed by atoms with E-state index in [1.165, 1.54) is 19.2 Å². The van der Waals surface area contributed by atoms with E-state index < -0.39 is 5.82 Å². The highest BCUT2D eigenvalue weighted by molar-refractivity contribution is 6.37. The average molecular weight is 481 g/mol. The molecule has 1 heterocycles. The van der Waals surface area contributed by atoms with E-state index in [2.05, 4.69) is 21.9 Å². The van der Waals surface area contributed by atoms with E-state index in [-0.39, 0.29) is 5.91 Å². The molecule has 4 rings (SSSR count). The minimum absolute atomic E-state index is 0.182. The Kier molecular flexibility index (Phi) is 7.20. The van der Waals surface area contributed by atoms with Gasteiger partial charge in [-0.3, -0.25) is 9.79 Å². The molecule has 0 aliphatic heterocycles. The molecule has 0 bridgehead atoms. The van der Waals surface area contributed by atoms with Gasteiger partial charge < -0.3 is 15.8 Å². The van der Waals surface area contributed by atoms with Crippen LogP contribution in [0.25, 0.3) is 11.1 Å². The van der Waals surface area contributed by atoms with Crippen molar-refractivity contribution in [2.45, 2.75) is 13.8 Å². The number of nitrogens with zero attached hydrogens (tertiary/aromatic N) is 2. The van der Waals surface area contributed by atoms with Crippen molar-refractivity contribution in [2.24, 2.45) is 10.7 Å². The molecule has 0 saturated carbocycles. The Morgan fingerprint density at radius 1 is 1.17 bits per heavy atom. The van der Waals surface area contributed by atoms with Crippen LogP contribution < -0.4 is 15.8 Å². The number of hydrogen-bond acceptors (Lipinski definition) is 5. The number of pyridine rings is 1. The maximum Gasteiger partial charge on any atom is 0.221 e. The molecule has 0 spiro atoms. The Labute approximate surface area is 209 Å². The molecule has 3 aromatic rings. The summed E-state index contributed by atoms with van der Waals surface area (Å²) in [6.07, 6.45) is 6.67. The summed E-state index contributed by atoms with van der Waals surface area (Å²) in [7, 11) is 0. The Morgan fingerprint density at radius 2 is 2.00 bits per heavy atom. The first kappa shape index (κ1) is 24.3. The number of nitrogens with one attached hydrogen (secondary N) is 1. The number of benzene rings is 2. The molecule has 6 nitrogen and oxygen atoms in total. The zero-order chi connectivity index (χ0) is 25.7. The van der Waals surface area contributed by atoms with Crippen molar-refractivity contribution in [2.75, 3.05) is 5.32 Å². The lowest BCUT2D eigenvalue weighted by molar-refractivity contribution is -0.114. The van der Waals surface area contributed by atoms with E-state index in [4.69, 9.17) is 10.5 Å². The molecular weight excluding hydrogens is 455 g/mol. The molecule has 0 fully saturated rings. The molecule has 0 radical (unpaired) electrons. The van der Waals surface area contributed by atoms with Crippen LogP contribution in [-0.2, 0) is 4.79 Å². The van der Waals surface area contributed by atoms with Gasteiger partial charge in [0.1, 0.15) is 11.6 Å². The monoisotopic (exact) mass is 480 g/mol. The van der Waals surface area contributed by atoms with Crippen LogP contribution in [0.5, 0.6) is 11.6 Å². The zero-order valence-electron chi connectivity index (χ0n) is 20.0. The Balaban J connectivity index is 1.81. The summed E-state index contributed by atoms with van der Waals surface area (Å²) in [6.45, 7) is 7.02. The van der Waals surface area contributed by atoms with E-state index in [0.717, 1.165) is 5.56 Å². The third-order valence-corrected chi connectivity index (χ3v) is 5.47. The number of amides is 1. The number of carbonyl (C=O) groups is 1. The van der Waals surface area contributed by atoms with Gasteiger partial charge in [0.05, 0.1) is 5.71 Å². The normalized spacial score (nSPS) is 15.6. The molecule has 1 aromatic heterocycles. The van der Waals surface area contributed by atoms with Crippen LogP contribution in [0.2, 0.25) is 0 Å². The lowest BCUT2D eigenvalue weighted by Crippen LogP contribution is -2.19. The van der Waals surface area contributed by atoms with Gasteiger partial charge in [-0.15, -0.1) is 0 Å². The Morgan fingerprint density at radius 3 is 2.67 bits per heavy atom. The first-order chi connectivity index (χ1) is 17.4. The number of carbonyl (C=O) groups excluding carboxylic acids is 1.